The predicted octanol–water partition coefficient (Wildman–Crippen LogP) is 2.37. The molecule has 1 unspecified atom stereocenters. The zero-order valence-corrected chi connectivity index (χ0v) is 14.2. The third kappa shape index (κ3) is 3.57. The lowest BCUT2D eigenvalue weighted by atomic mass is 9.93. The number of nitrogens with one attached hydrogen (secondary N) is 1. The van der Waals surface area contributed by atoms with E-state index in [1.54, 1.807) is 30.6 Å². The largest absolute Gasteiger partial charge is 0.351 e. The fourth-order valence-corrected chi connectivity index (χ4v) is 2.71. The summed E-state index contributed by atoms with van der Waals surface area (Å²) in [7, 11) is 0. The summed E-state index contributed by atoms with van der Waals surface area (Å²) >= 11 is 0. The first kappa shape index (κ1) is 16.8. The third-order valence-electron chi connectivity index (χ3n) is 4.01. The minimum absolute atomic E-state index is 0.00759. The number of carbonyl (C=O) groups excluding carboxylic acids is 2. The van der Waals surface area contributed by atoms with E-state index in [9.17, 15) is 9.59 Å². The van der Waals surface area contributed by atoms with Gasteiger partial charge in [-0.1, -0.05) is 38.1 Å². The molecule has 0 bridgehead atoms. The highest BCUT2D eigenvalue weighted by atomic mass is 16.2. The van der Waals surface area contributed by atoms with Gasteiger partial charge in [0, 0.05) is 18.9 Å². The molecule has 0 saturated carbocycles. The van der Waals surface area contributed by atoms with Gasteiger partial charge in [-0.15, -0.1) is 0 Å². The molecule has 1 N–H and O–H groups in total. The van der Waals surface area contributed by atoms with E-state index in [4.69, 9.17) is 0 Å². The Labute approximate surface area is 146 Å². The molecule has 2 heterocycles. The average molecular weight is 336 g/mol. The van der Waals surface area contributed by atoms with E-state index in [0.717, 1.165) is 5.56 Å². The van der Waals surface area contributed by atoms with E-state index in [0.29, 0.717) is 17.9 Å². The van der Waals surface area contributed by atoms with Gasteiger partial charge in [-0.05, 0) is 29.7 Å². The zero-order chi connectivity index (χ0) is 17.8. The van der Waals surface area contributed by atoms with E-state index in [-0.39, 0.29) is 17.7 Å². The summed E-state index contributed by atoms with van der Waals surface area (Å²) in [5, 5.41) is 8.57. The van der Waals surface area contributed by atoms with Gasteiger partial charge in [0.2, 0.25) is 5.91 Å². The van der Waals surface area contributed by atoms with Gasteiger partial charge in [-0.2, -0.15) is 10.1 Å². The molecule has 0 fully saturated rings. The molecule has 6 nitrogen and oxygen atoms in total. The topological polar surface area (TPSA) is 74.7 Å². The van der Waals surface area contributed by atoms with Gasteiger partial charge in [-0.25, -0.2) is 0 Å². The van der Waals surface area contributed by atoms with Crippen molar-refractivity contribution in [2.75, 3.05) is 5.01 Å². The molecule has 2 aromatic rings. The lowest BCUT2D eigenvalue weighted by molar-refractivity contribution is -0.130. The Morgan fingerprint density at radius 2 is 1.96 bits per heavy atom. The quantitative estimate of drug-likeness (QED) is 0.852. The number of anilines is 1. The van der Waals surface area contributed by atoms with Gasteiger partial charge in [-0.3, -0.25) is 14.6 Å². The van der Waals surface area contributed by atoms with Crippen LogP contribution in [-0.4, -0.2) is 22.5 Å². The average Bonchev–Trinajstić information content (AvgIpc) is 2.99. The van der Waals surface area contributed by atoms with Crippen molar-refractivity contribution in [3.63, 3.8) is 0 Å². The number of nitrogens with zero attached hydrogens (tertiary/aromatic N) is 3. The second-order valence-corrected chi connectivity index (χ2v) is 6.18. The summed E-state index contributed by atoms with van der Waals surface area (Å²) in [6.07, 6.45) is 3.36. The van der Waals surface area contributed by atoms with Crippen LogP contribution in [0.2, 0.25) is 0 Å². The smallest absolute Gasteiger partial charge is 0.265 e. The van der Waals surface area contributed by atoms with Gasteiger partial charge >= 0.3 is 0 Å². The van der Waals surface area contributed by atoms with E-state index < -0.39 is 5.92 Å². The van der Waals surface area contributed by atoms with Crippen LogP contribution in [0, 0.1) is 11.8 Å². The summed E-state index contributed by atoms with van der Waals surface area (Å²) < 4.78 is 0. The predicted molar refractivity (Wildman–Crippen MR) is 95.8 cm³/mol. The third-order valence-corrected chi connectivity index (χ3v) is 4.01. The number of rotatable bonds is 5. The number of hydrogen-bond acceptors (Lipinski definition) is 4. The Kier molecular flexibility index (Phi) is 4.88. The molecule has 6 heteroatoms. The molecular formula is C19H20N4O2. The molecule has 3 rings (SSSR count). The first-order valence-corrected chi connectivity index (χ1v) is 8.22. The zero-order valence-electron chi connectivity index (χ0n) is 14.2. The molecule has 1 aromatic heterocycles. The van der Waals surface area contributed by atoms with Crippen LogP contribution in [0.25, 0.3) is 0 Å². The normalized spacial score (nSPS) is 16.9. The Bertz CT molecular complexity index is 788. The van der Waals surface area contributed by atoms with E-state index >= 15 is 0 Å². The molecular weight excluding hydrogens is 316 g/mol. The second kappa shape index (κ2) is 7.25. The standard InChI is InChI=1S/C19H20N4O2/c1-13(2)17-16(18(24)21-12-14-7-6-10-20-11-14)19(25)23(22-17)15-8-4-3-5-9-15/h3-11,13,16H,12H2,1-2H3,(H,21,24). The summed E-state index contributed by atoms with van der Waals surface area (Å²) in [6.45, 7) is 4.19. The molecule has 0 aliphatic carbocycles. The highest BCUT2D eigenvalue weighted by molar-refractivity contribution is 6.27. The highest BCUT2D eigenvalue weighted by Gasteiger charge is 2.42. The Balaban J connectivity index is 1.78. The molecule has 1 aliphatic rings. The van der Waals surface area contributed by atoms with Crippen LogP contribution in [0.1, 0.15) is 19.4 Å². The minimum Gasteiger partial charge on any atom is -0.351 e. The lowest BCUT2D eigenvalue weighted by Crippen LogP contribution is -2.41. The van der Waals surface area contributed by atoms with Gasteiger partial charge in [0.25, 0.3) is 5.91 Å². The maximum atomic E-state index is 12.8. The minimum atomic E-state index is -0.892. The van der Waals surface area contributed by atoms with Crippen molar-refractivity contribution in [2.45, 2.75) is 20.4 Å². The van der Waals surface area contributed by atoms with Crippen LogP contribution in [0.5, 0.6) is 0 Å². The summed E-state index contributed by atoms with van der Waals surface area (Å²) in [4.78, 5) is 29.5. The first-order valence-electron chi connectivity index (χ1n) is 8.22. The van der Waals surface area contributed by atoms with Crippen molar-refractivity contribution in [1.82, 2.24) is 10.3 Å². The Morgan fingerprint density at radius 3 is 2.60 bits per heavy atom. The Hall–Kier alpha value is -3.02. The fraction of sp³-hybridized carbons (Fsp3) is 0.263. The van der Waals surface area contributed by atoms with E-state index in [1.807, 2.05) is 38.1 Å². The molecule has 1 aromatic carbocycles. The van der Waals surface area contributed by atoms with Crippen LogP contribution in [-0.2, 0) is 16.1 Å². The summed E-state index contributed by atoms with van der Waals surface area (Å²) in [5.41, 5.74) is 2.12. The van der Waals surface area contributed by atoms with Gasteiger partial charge < -0.3 is 5.32 Å². The van der Waals surface area contributed by atoms with Crippen LogP contribution in [0.3, 0.4) is 0 Å². The number of carbonyl (C=O) groups is 2. The molecule has 2 amide bonds. The number of benzene rings is 1. The van der Waals surface area contributed by atoms with Gasteiger partial charge in [0.1, 0.15) is 0 Å². The SMILES string of the molecule is CC(C)C1=NN(c2ccccc2)C(=O)C1C(=O)NCc1cccnc1. The van der Waals surface area contributed by atoms with Crippen molar-refractivity contribution in [1.29, 1.82) is 0 Å². The van der Waals surface area contributed by atoms with Crippen LogP contribution in [0.15, 0.2) is 60.0 Å². The molecule has 0 saturated heterocycles. The van der Waals surface area contributed by atoms with Crippen LogP contribution in [0.4, 0.5) is 5.69 Å². The number of para-hydroxylation sites is 1. The van der Waals surface area contributed by atoms with Crippen molar-refractivity contribution in [2.24, 2.45) is 16.9 Å². The lowest BCUT2D eigenvalue weighted by Gasteiger charge is -2.15. The van der Waals surface area contributed by atoms with Crippen molar-refractivity contribution in [3.05, 3.63) is 60.4 Å². The van der Waals surface area contributed by atoms with Crippen LogP contribution >= 0.6 is 0 Å². The first-order chi connectivity index (χ1) is 12.1. The van der Waals surface area contributed by atoms with Gasteiger partial charge in [0.05, 0.1) is 11.4 Å². The maximum absolute atomic E-state index is 12.8. The molecule has 128 valence electrons. The molecule has 1 atom stereocenters. The van der Waals surface area contributed by atoms with Crippen molar-refractivity contribution >= 4 is 23.2 Å². The highest BCUT2D eigenvalue weighted by Crippen LogP contribution is 2.26. The van der Waals surface area contributed by atoms with E-state index in [1.165, 1.54) is 5.01 Å². The van der Waals surface area contributed by atoms with Crippen molar-refractivity contribution in [3.8, 4) is 0 Å². The van der Waals surface area contributed by atoms with Crippen LogP contribution < -0.4 is 10.3 Å². The number of pyridine rings is 1. The number of hydrogen-bond donors (Lipinski definition) is 1. The number of aromatic nitrogens is 1. The Morgan fingerprint density at radius 1 is 1.20 bits per heavy atom. The molecule has 25 heavy (non-hydrogen) atoms. The van der Waals surface area contributed by atoms with Crippen molar-refractivity contribution < 1.29 is 9.59 Å². The summed E-state index contributed by atoms with van der Waals surface area (Å²) in [6, 6.07) is 12.8. The fourth-order valence-electron chi connectivity index (χ4n) is 2.71. The molecule has 1 aliphatic heterocycles. The van der Waals surface area contributed by atoms with E-state index in [2.05, 4.69) is 15.4 Å². The number of hydrazone groups is 1. The summed E-state index contributed by atoms with van der Waals surface area (Å²) in [5.74, 6) is -1.55. The molecule has 0 spiro atoms. The maximum Gasteiger partial charge on any atom is 0.265 e. The van der Waals surface area contributed by atoms with Gasteiger partial charge in [0.15, 0.2) is 5.92 Å². The monoisotopic (exact) mass is 336 g/mol. The second-order valence-electron chi connectivity index (χ2n) is 6.18. The number of amides is 2. The molecule has 0 radical (unpaired) electrons.